The van der Waals surface area contributed by atoms with Crippen LogP contribution < -0.4 is 21.7 Å². The van der Waals surface area contributed by atoms with E-state index in [1.807, 2.05) is 6.07 Å². The van der Waals surface area contributed by atoms with Gasteiger partial charge in [0.15, 0.2) is 6.04 Å². The minimum absolute atomic E-state index is 0.172. The molecule has 3 amide bonds. The molecule has 7 N–H and O–H groups in total. The monoisotopic (exact) mass is 408 g/mol. The summed E-state index contributed by atoms with van der Waals surface area (Å²) in [6.45, 7) is 4.06. The average Bonchev–Trinajstić information content (AvgIpc) is 2.65. The molecule has 1 aromatic rings. The van der Waals surface area contributed by atoms with Gasteiger partial charge in [0.25, 0.3) is 0 Å². The second kappa shape index (κ2) is 11.1. The van der Waals surface area contributed by atoms with Crippen LogP contribution >= 0.6 is 0 Å². The summed E-state index contributed by atoms with van der Waals surface area (Å²) < 4.78 is 0. The molecule has 0 aliphatic carbocycles. The molecule has 0 saturated heterocycles. The maximum atomic E-state index is 12.7. The van der Waals surface area contributed by atoms with Crippen molar-refractivity contribution in [2.45, 2.75) is 57.5 Å². The average molecular weight is 408 g/mol. The number of carboxylic acids is 1. The molecule has 10 heteroatoms. The zero-order valence-electron chi connectivity index (χ0n) is 16.6. The fourth-order valence-corrected chi connectivity index (χ4v) is 2.41. The van der Waals surface area contributed by atoms with Gasteiger partial charge in [-0.25, -0.2) is 4.79 Å². The smallest absolute Gasteiger partial charge is 0.328 e. The van der Waals surface area contributed by atoms with Gasteiger partial charge >= 0.3 is 5.97 Å². The van der Waals surface area contributed by atoms with E-state index in [9.17, 15) is 24.3 Å². The van der Waals surface area contributed by atoms with Crippen molar-refractivity contribution in [1.29, 1.82) is 0 Å². The van der Waals surface area contributed by atoms with E-state index in [2.05, 4.69) is 16.0 Å². The SMILES string of the molecule is CC(N)C(=O)NC(Cc1ccccc1)C(=O)NC(C)C(=O)NC(C(=O)O)C(C)O. The van der Waals surface area contributed by atoms with Crippen LogP contribution in [-0.2, 0) is 25.6 Å². The number of carbonyl (C=O) groups excluding carboxylic acids is 3. The third-order valence-corrected chi connectivity index (χ3v) is 4.13. The molecule has 160 valence electrons. The lowest BCUT2D eigenvalue weighted by atomic mass is 10.0. The number of rotatable bonds is 10. The number of benzene rings is 1. The van der Waals surface area contributed by atoms with Gasteiger partial charge in [0.05, 0.1) is 12.1 Å². The normalized spacial score (nSPS) is 15.9. The summed E-state index contributed by atoms with van der Waals surface area (Å²) in [4.78, 5) is 47.9. The van der Waals surface area contributed by atoms with Crippen LogP contribution in [0.1, 0.15) is 26.3 Å². The molecule has 29 heavy (non-hydrogen) atoms. The quantitative estimate of drug-likeness (QED) is 0.274. The zero-order chi connectivity index (χ0) is 22.1. The topological polar surface area (TPSA) is 171 Å². The molecule has 1 aromatic carbocycles. The zero-order valence-corrected chi connectivity index (χ0v) is 16.6. The molecule has 0 spiro atoms. The number of carbonyl (C=O) groups is 4. The van der Waals surface area contributed by atoms with Gasteiger partial charge in [-0.2, -0.15) is 0 Å². The first kappa shape index (κ1) is 24.1. The Labute approximate surface area is 168 Å². The van der Waals surface area contributed by atoms with Gasteiger partial charge < -0.3 is 31.9 Å². The fraction of sp³-hybridized carbons (Fsp3) is 0.474. The minimum Gasteiger partial charge on any atom is -0.480 e. The summed E-state index contributed by atoms with van der Waals surface area (Å²) >= 11 is 0. The fourth-order valence-electron chi connectivity index (χ4n) is 2.41. The number of aliphatic carboxylic acids is 1. The highest BCUT2D eigenvalue weighted by molar-refractivity contribution is 5.94. The number of aliphatic hydroxyl groups excluding tert-OH is 1. The van der Waals surface area contributed by atoms with Gasteiger partial charge in [-0.3, -0.25) is 14.4 Å². The number of amides is 3. The lowest BCUT2D eigenvalue weighted by Gasteiger charge is -2.23. The largest absolute Gasteiger partial charge is 0.480 e. The molecule has 0 bridgehead atoms. The van der Waals surface area contributed by atoms with Crippen LogP contribution in [0.2, 0.25) is 0 Å². The van der Waals surface area contributed by atoms with Crippen molar-refractivity contribution in [3.63, 3.8) is 0 Å². The van der Waals surface area contributed by atoms with Crippen molar-refractivity contribution in [3.8, 4) is 0 Å². The molecular formula is C19H28N4O6. The minimum atomic E-state index is -1.51. The van der Waals surface area contributed by atoms with E-state index in [1.54, 1.807) is 24.3 Å². The van der Waals surface area contributed by atoms with E-state index in [1.165, 1.54) is 20.8 Å². The Kier molecular flexibility index (Phi) is 9.23. The molecular weight excluding hydrogens is 380 g/mol. The van der Waals surface area contributed by atoms with Gasteiger partial charge in [-0.05, 0) is 26.3 Å². The van der Waals surface area contributed by atoms with Gasteiger partial charge in [0, 0.05) is 6.42 Å². The van der Waals surface area contributed by atoms with Crippen molar-refractivity contribution >= 4 is 23.7 Å². The molecule has 1 rings (SSSR count). The standard InChI is InChI=1S/C19H28N4O6/c1-10(20)16(25)22-14(9-13-7-5-4-6-8-13)18(27)21-11(2)17(26)23-15(12(3)24)19(28)29/h4-8,10-12,14-15,24H,9,20H2,1-3H3,(H,21,27)(H,22,25)(H,23,26)(H,28,29). The lowest BCUT2D eigenvalue weighted by Crippen LogP contribution is -2.57. The van der Waals surface area contributed by atoms with Gasteiger partial charge in [0.2, 0.25) is 17.7 Å². The van der Waals surface area contributed by atoms with Crippen LogP contribution in [0.4, 0.5) is 0 Å². The first-order chi connectivity index (χ1) is 13.5. The molecule has 0 heterocycles. The first-order valence-corrected chi connectivity index (χ1v) is 9.14. The van der Waals surface area contributed by atoms with Gasteiger partial charge in [-0.15, -0.1) is 0 Å². The predicted octanol–water partition coefficient (Wildman–Crippen LogP) is -1.48. The Morgan fingerprint density at radius 3 is 2.00 bits per heavy atom. The van der Waals surface area contributed by atoms with Crippen LogP contribution in [0.3, 0.4) is 0 Å². The molecule has 0 aromatic heterocycles. The first-order valence-electron chi connectivity index (χ1n) is 9.14. The summed E-state index contributed by atoms with van der Waals surface area (Å²) in [5, 5.41) is 25.6. The van der Waals surface area contributed by atoms with Crippen LogP contribution in [0.15, 0.2) is 30.3 Å². The Morgan fingerprint density at radius 1 is 0.931 bits per heavy atom. The molecule has 0 saturated carbocycles. The molecule has 0 fully saturated rings. The Bertz CT molecular complexity index is 723. The highest BCUT2D eigenvalue weighted by Gasteiger charge is 2.29. The van der Waals surface area contributed by atoms with E-state index in [4.69, 9.17) is 10.8 Å². The van der Waals surface area contributed by atoms with E-state index >= 15 is 0 Å². The Hall–Kier alpha value is -2.98. The third-order valence-electron chi connectivity index (χ3n) is 4.13. The maximum absolute atomic E-state index is 12.7. The number of nitrogens with one attached hydrogen (secondary N) is 3. The molecule has 0 radical (unpaired) electrons. The molecule has 5 unspecified atom stereocenters. The number of hydrogen-bond donors (Lipinski definition) is 6. The number of carboxylic acid groups (broad SMARTS) is 1. The highest BCUT2D eigenvalue weighted by atomic mass is 16.4. The van der Waals surface area contributed by atoms with Crippen molar-refractivity contribution in [1.82, 2.24) is 16.0 Å². The summed E-state index contributed by atoms with van der Waals surface area (Å²) in [7, 11) is 0. The van der Waals surface area contributed by atoms with Crippen molar-refractivity contribution in [2.24, 2.45) is 5.73 Å². The summed E-state index contributed by atoms with van der Waals surface area (Å²) in [6.07, 6.45) is -1.15. The van der Waals surface area contributed by atoms with E-state index < -0.39 is 54.0 Å². The van der Waals surface area contributed by atoms with Crippen LogP contribution in [0, 0.1) is 0 Å². The molecule has 5 atom stereocenters. The lowest BCUT2D eigenvalue weighted by molar-refractivity contribution is -0.145. The van der Waals surface area contributed by atoms with Gasteiger partial charge in [0.1, 0.15) is 12.1 Å². The molecule has 0 aliphatic heterocycles. The Morgan fingerprint density at radius 2 is 1.52 bits per heavy atom. The number of nitrogens with two attached hydrogens (primary N) is 1. The van der Waals surface area contributed by atoms with Crippen LogP contribution in [0.5, 0.6) is 0 Å². The number of aliphatic hydroxyl groups is 1. The van der Waals surface area contributed by atoms with E-state index in [0.717, 1.165) is 5.56 Å². The van der Waals surface area contributed by atoms with Crippen LogP contribution in [0.25, 0.3) is 0 Å². The van der Waals surface area contributed by atoms with Gasteiger partial charge in [-0.1, -0.05) is 30.3 Å². The second-order valence-corrected chi connectivity index (χ2v) is 6.83. The van der Waals surface area contributed by atoms with Crippen LogP contribution in [-0.4, -0.2) is 64.2 Å². The summed E-state index contributed by atoms with van der Waals surface area (Å²) in [6, 6.07) is 4.53. The second-order valence-electron chi connectivity index (χ2n) is 6.83. The van der Waals surface area contributed by atoms with Crippen molar-refractivity contribution < 1.29 is 29.4 Å². The van der Waals surface area contributed by atoms with Crippen molar-refractivity contribution in [2.75, 3.05) is 0 Å². The third kappa shape index (κ3) is 7.88. The number of hydrogen-bond acceptors (Lipinski definition) is 6. The predicted molar refractivity (Wildman–Crippen MR) is 105 cm³/mol. The molecule has 10 nitrogen and oxygen atoms in total. The maximum Gasteiger partial charge on any atom is 0.328 e. The van der Waals surface area contributed by atoms with Crippen molar-refractivity contribution in [3.05, 3.63) is 35.9 Å². The highest BCUT2D eigenvalue weighted by Crippen LogP contribution is 2.05. The summed E-state index contributed by atoms with van der Waals surface area (Å²) in [5.74, 6) is -3.35. The molecule has 0 aliphatic rings. The van der Waals surface area contributed by atoms with E-state index in [-0.39, 0.29) is 6.42 Å². The summed E-state index contributed by atoms with van der Waals surface area (Å²) in [5.41, 5.74) is 6.34. The van der Waals surface area contributed by atoms with E-state index in [0.29, 0.717) is 0 Å². The Balaban J connectivity index is 2.85.